The summed E-state index contributed by atoms with van der Waals surface area (Å²) in [4.78, 5) is 24.2. The summed E-state index contributed by atoms with van der Waals surface area (Å²) in [5, 5.41) is 22.3. The van der Waals surface area contributed by atoms with Crippen LogP contribution in [0.25, 0.3) is 0 Å². The smallest absolute Gasteiger partial charge is 0.178 e. The topological polar surface area (TPSA) is 74.6 Å². The monoisotopic (exact) mass is 376 g/mol. The fourth-order valence-corrected chi connectivity index (χ4v) is 7.18. The van der Waals surface area contributed by atoms with Crippen molar-refractivity contribution in [2.24, 2.45) is 28.6 Å². The highest BCUT2D eigenvalue weighted by atomic mass is 19.1. The van der Waals surface area contributed by atoms with Gasteiger partial charge in [-0.3, -0.25) is 9.59 Å². The minimum atomic E-state index is -1.92. The Morgan fingerprint density at radius 1 is 1.30 bits per heavy atom. The highest BCUT2D eigenvalue weighted by Crippen LogP contribution is 2.70. The molecule has 148 valence electrons. The molecule has 0 aliphatic heterocycles. The van der Waals surface area contributed by atoms with Crippen molar-refractivity contribution in [2.75, 3.05) is 0 Å². The zero-order chi connectivity index (χ0) is 20.0. The van der Waals surface area contributed by atoms with Crippen LogP contribution in [0, 0.1) is 28.6 Å². The van der Waals surface area contributed by atoms with Gasteiger partial charge in [0.05, 0.1) is 6.10 Å². The first-order chi connectivity index (χ1) is 12.4. The van der Waals surface area contributed by atoms with Crippen LogP contribution in [0.2, 0.25) is 0 Å². The predicted octanol–water partition coefficient (Wildman–Crippen LogP) is 2.92. The summed E-state index contributed by atoms with van der Waals surface area (Å²) in [5.41, 5.74) is -4.59. The molecule has 0 aromatic heterocycles. The van der Waals surface area contributed by atoms with E-state index in [0.717, 1.165) is 5.57 Å². The molecule has 4 aliphatic carbocycles. The van der Waals surface area contributed by atoms with E-state index < -0.39 is 34.1 Å². The van der Waals surface area contributed by atoms with Crippen molar-refractivity contribution < 1.29 is 24.2 Å². The molecule has 2 N–H and O–H groups in total. The second kappa shape index (κ2) is 5.38. The Kier molecular flexibility index (Phi) is 3.79. The number of carbonyl (C=O) groups excluding carboxylic acids is 2. The van der Waals surface area contributed by atoms with Gasteiger partial charge >= 0.3 is 0 Å². The molecular weight excluding hydrogens is 347 g/mol. The molecule has 0 saturated heterocycles. The fraction of sp³-hybridized carbons (Fsp3) is 0.727. The van der Waals surface area contributed by atoms with Crippen LogP contribution in [0.5, 0.6) is 0 Å². The van der Waals surface area contributed by atoms with Gasteiger partial charge in [-0.1, -0.05) is 25.5 Å². The molecule has 0 radical (unpaired) electrons. The molecule has 4 aliphatic rings. The maximum Gasteiger partial charge on any atom is 0.178 e. The molecule has 3 fully saturated rings. The Balaban J connectivity index is 1.86. The molecular formula is C22H29FO4. The van der Waals surface area contributed by atoms with E-state index >= 15 is 4.39 Å². The maximum atomic E-state index is 16.9. The van der Waals surface area contributed by atoms with Crippen LogP contribution in [-0.2, 0) is 9.59 Å². The SMILES string of the molecule is CC(=O)[C@@]1(O)CCC2C3C[C@H](C)C4=CC(=O)C=CC4(C)[C@@]3(F)C(O)CC21C. The summed E-state index contributed by atoms with van der Waals surface area (Å²) in [6, 6.07) is 0. The molecule has 4 rings (SSSR count). The van der Waals surface area contributed by atoms with Crippen LogP contribution in [0.4, 0.5) is 4.39 Å². The predicted molar refractivity (Wildman–Crippen MR) is 98.5 cm³/mol. The van der Waals surface area contributed by atoms with E-state index in [1.165, 1.54) is 19.1 Å². The van der Waals surface area contributed by atoms with Gasteiger partial charge in [0.2, 0.25) is 0 Å². The number of aliphatic hydroxyl groups is 2. The van der Waals surface area contributed by atoms with E-state index in [2.05, 4.69) is 0 Å². The van der Waals surface area contributed by atoms with Crippen LogP contribution < -0.4 is 0 Å². The molecule has 8 atom stereocenters. The van der Waals surface area contributed by atoms with E-state index in [0.29, 0.717) is 19.3 Å². The largest absolute Gasteiger partial charge is 0.390 e. The first-order valence-corrected chi connectivity index (χ1v) is 9.97. The van der Waals surface area contributed by atoms with Gasteiger partial charge in [0.25, 0.3) is 0 Å². The highest BCUT2D eigenvalue weighted by Gasteiger charge is 2.74. The molecule has 0 heterocycles. The van der Waals surface area contributed by atoms with Crippen molar-refractivity contribution in [1.29, 1.82) is 0 Å². The van der Waals surface area contributed by atoms with E-state index in [9.17, 15) is 19.8 Å². The minimum absolute atomic E-state index is 0.00153. The third-order valence-corrected chi connectivity index (χ3v) is 8.70. The zero-order valence-electron chi connectivity index (χ0n) is 16.5. The minimum Gasteiger partial charge on any atom is -0.390 e. The number of rotatable bonds is 1. The lowest BCUT2D eigenvalue weighted by molar-refractivity contribution is -0.219. The second-order valence-electron chi connectivity index (χ2n) is 9.75. The summed E-state index contributed by atoms with van der Waals surface area (Å²) in [7, 11) is 0. The van der Waals surface area contributed by atoms with Crippen LogP contribution in [0.3, 0.4) is 0 Å². The standard InChI is InChI=1S/C22H29FO4/c1-12-9-17-15-6-8-21(27,13(2)24)20(15,4)11-18(26)22(17,23)19(3)7-5-14(25)10-16(12)19/h5,7,10,12,15,17-18,26-27H,6,8-9,11H2,1-4H3/t12-,15?,17?,18?,19?,20?,21-,22-/m0/s1. The second-order valence-corrected chi connectivity index (χ2v) is 9.75. The van der Waals surface area contributed by atoms with Gasteiger partial charge in [0.15, 0.2) is 17.2 Å². The molecule has 0 spiro atoms. The average molecular weight is 376 g/mol. The average Bonchev–Trinajstić information content (AvgIpc) is 2.85. The number of halogens is 1. The molecule has 4 nitrogen and oxygen atoms in total. The summed E-state index contributed by atoms with van der Waals surface area (Å²) in [6.45, 7) is 7.01. The van der Waals surface area contributed by atoms with Gasteiger partial charge < -0.3 is 10.2 Å². The summed E-state index contributed by atoms with van der Waals surface area (Å²) < 4.78 is 16.9. The van der Waals surface area contributed by atoms with Gasteiger partial charge in [-0.2, -0.15) is 0 Å². The fourth-order valence-electron chi connectivity index (χ4n) is 7.18. The first kappa shape index (κ1) is 19.0. The number of Topliss-reactive ketones (excluding diaryl/α,β-unsaturated/α-hetero) is 1. The van der Waals surface area contributed by atoms with E-state index in [1.807, 2.05) is 13.8 Å². The number of hydrogen-bond acceptors (Lipinski definition) is 4. The van der Waals surface area contributed by atoms with E-state index in [4.69, 9.17) is 0 Å². The number of carbonyl (C=O) groups is 2. The number of ketones is 2. The quantitative estimate of drug-likeness (QED) is 0.738. The van der Waals surface area contributed by atoms with Crippen molar-refractivity contribution in [2.45, 2.75) is 70.8 Å². The Labute approximate surface area is 159 Å². The van der Waals surface area contributed by atoms with Crippen molar-refractivity contribution in [3.05, 3.63) is 23.8 Å². The number of allylic oxidation sites excluding steroid dienone is 4. The zero-order valence-corrected chi connectivity index (χ0v) is 16.5. The van der Waals surface area contributed by atoms with Gasteiger partial charge in [-0.05, 0) is 63.5 Å². The summed E-state index contributed by atoms with van der Waals surface area (Å²) in [6.07, 6.45) is 4.68. The van der Waals surface area contributed by atoms with Gasteiger partial charge in [0.1, 0.15) is 5.60 Å². The first-order valence-electron chi connectivity index (χ1n) is 9.97. The Bertz CT molecular complexity index is 787. The molecule has 0 bridgehead atoms. The molecule has 5 unspecified atom stereocenters. The number of aliphatic hydroxyl groups excluding tert-OH is 1. The molecule has 5 heteroatoms. The van der Waals surface area contributed by atoms with E-state index in [-0.39, 0.29) is 29.8 Å². The van der Waals surface area contributed by atoms with Gasteiger partial charge in [-0.15, -0.1) is 0 Å². The summed E-state index contributed by atoms with van der Waals surface area (Å²) in [5.74, 6) is -1.11. The van der Waals surface area contributed by atoms with Crippen LogP contribution >= 0.6 is 0 Å². The lowest BCUT2D eigenvalue weighted by atomic mass is 9.43. The maximum absolute atomic E-state index is 16.9. The molecule has 0 aromatic carbocycles. The van der Waals surface area contributed by atoms with Crippen molar-refractivity contribution in [3.63, 3.8) is 0 Å². The Morgan fingerprint density at radius 3 is 2.59 bits per heavy atom. The number of alkyl halides is 1. The molecule has 0 amide bonds. The Morgan fingerprint density at radius 2 is 1.96 bits per heavy atom. The third kappa shape index (κ3) is 2.00. The van der Waals surface area contributed by atoms with Gasteiger partial charge in [0, 0.05) is 16.7 Å². The van der Waals surface area contributed by atoms with Gasteiger partial charge in [-0.25, -0.2) is 4.39 Å². The normalized spacial score (nSPS) is 54.0. The number of hydrogen-bond donors (Lipinski definition) is 2. The lowest BCUT2D eigenvalue weighted by Crippen LogP contribution is -2.69. The third-order valence-electron chi connectivity index (χ3n) is 8.70. The van der Waals surface area contributed by atoms with Crippen LogP contribution in [-0.4, -0.2) is 39.2 Å². The van der Waals surface area contributed by atoms with Crippen molar-refractivity contribution >= 4 is 11.6 Å². The highest BCUT2D eigenvalue weighted by molar-refractivity contribution is 6.01. The molecule has 3 saturated carbocycles. The molecule has 27 heavy (non-hydrogen) atoms. The molecule has 0 aromatic rings. The number of fused-ring (bicyclic) bond motifs is 5. The summed E-state index contributed by atoms with van der Waals surface area (Å²) >= 11 is 0. The van der Waals surface area contributed by atoms with E-state index in [1.54, 1.807) is 13.0 Å². The van der Waals surface area contributed by atoms with Crippen LogP contribution in [0.15, 0.2) is 23.8 Å². The van der Waals surface area contributed by atoms with Crippen molar-refractivity contribution in [3.8, 4) is 0 Å². The van der Waals surface area contributed by atoms with Crippen LogP contribution in [0.1, 0.15) is 53.4 Å². The van der Waals surface area contributed by atoms with Crippen molar-refractivity contribution in [1.82, 2.24) is 0 Å². The Hall–Kier alpha value is -1.33. The lowest BCUT2D eigenvalue weighted by Gasteiger charge is -2.63.